The van der Waals surface area contributed by atoms with Crippen LogP contribution in [0.5, 0.6) is 0 Å². The summed E-state index contributed by atoms with van der Waals surface area (Å²) >= 11 is 14.2. The Bertz CT molecular complexity index is 823. The third-order valence-electron chi connectivity index (χ3n) is 4.51. The minimum atomic E-state index is -0.626. The highest BCUT2D eigenvalue weighted by molar-refractivity contribution is 7.99. The second kappa shape index (κ2) is 11.5. The maximum atomic E-state index is 13.0. The minimum Gasteiger partial charge on any atom is -0.355 e. The Kier molecular flexibility index (Phi) is 9.34. The topological polar surface area (TPSA) is 49.4 Å². The molecule has 0 saturated carbocycles. The van der Waals surface area contributed by atoms with Crippen molar-refractivity contribution < 1.29 is 9.59 Å². The van der Waals surface area contributed by atoms with Crippen LogP contribution in [-0.2, 0) is 16.1 Å². The van der Waals surface area contributed by atoms with E-state index in [1.165, 1.54) is 5.56 Å². The van der Waals surface area contributed by atoms with Gasteiger partial charge in [-0.3, -0.25) is 9.59 Å². The first-order valence-electron chi connectivity index (χ1n) is 9.53. The molecule has 2 amide bonds. The Balaban J connectivity index is 2.11. The highest BCUT2D eigenvalue weighted by Crippen LogP contribution is 2.27. The molecule has 0 aromatic heterocycles. The molecule has 2 aromatic rings. The first-order chi connectivity index (χ1) is 13.8. The molecule has 4 nitrogen and oxygen atoms in total. The summed E-state index contributed by atoms with van der Waals surface area (Å²) in [6, 6.07) is 12.8. The Hall–Kier alpha value is -1.69. The summed E-state index contributed by atoms with van der Waals surface area (Å²) in [5.41, 5.74) is 1.84. The fourth-order valence-corrected chi connectivity index (χ4v) is 4.15. The van der Waals surface area contributed by atoms with Gasteiger partial charge >= 0.3 is 0 Å². The molecule has 0 bridgehead atoms. The van der Waals surface area contributed by atoms with Gasteiger partial charge in [0.2, 0.25) is 11.8 Å². The molecule has 0 spiro atoms. The van der Waals surface area contributed by atoms with Crippen molar-refractivity contribution in [3.63, 3.8) is 0 Å². The quantitative estimate of drug-likeness (QED) is 0.522. The number of hydrogen-bond acceptors (Lipinski definition) is 3. The zero-order chi connectivity index (χ0) is 21.4. The smallest absolute Gasteiger partial charge is 0.242 e. The van der Waals surface area contributed by atoms with Crippen LogP contribution < -0.4 is 5.32 Å². The van der Waals surface area contributed by atoms with Gasteiger partial charge in [-0.25, -0.2) is 0 Å². The van der Waals surface area contributed by atoms with Gasteiger partial charge in [-0.2, -0.15) is 0 Å². The molecule has 0 aliphatic heterocycles. The maximum absolute atomic E-state index is 13.0. The van der Waals surface area contributed by atoms with Crippen LogP contribution in [0.25, 0.3) is 0 Å². The summed E-state index contributed by atoms with van der Waals surface area (Å²) in [5, 5.41) is 3.74. The SMILES string of the molecule is CCNC(=O)[C@H](C)N(Cc1c(Cl)cccc1Cl)C(=O)CCSc1ccc(C)cc1. The number of carbonyl (C=O) groups excluding carboxylic acids is 2. The number of nitrogens with zero attached hydrogens (tertiary/aromatic N) is 1. The van der Waals surface area contributed by atoms with Crippen LogP contribution in [0.15, 0.2) is 47.4 Å². The van der Waals surface area contributed by atoms with Crippen LogP contribution in [0.4, 0.5) is 0 Å². The minimum absolute atomic E-state index is 0.112. The first kappa shape index (κ1) is 23.6. The summed E-state index contributed by atoms with van der Waals surface area (Å²) in [5.74, 6) is 0.311. The number of rotatable bonds is 9. The van der Waals surface area contributed by atoms with E-state index >= 15 is 0 Å². The third-order valence-corrected chi connectivity index (χ3v) is 6.24. The lowest BCUT2D eigenvalue weighted by molar-refractivity contribution is -0.140. The number of nitrogens with one attached hydrogen (secondary N) is 1. The third kappa shape index (κ3) is 6.95. The van der Waals surface area contributed by atoms with Crippen LogP contribution in [0.1, 0.15) is 31.4 Å². The first-order valence-corrected chi connectivity index (χ1v) is 11.3. The van der Waals surface area contributed by atoms with Gasteiger partial charge in [-0.1, -0.05) is 47.0 Å². The number of benzene rings is 2. The van der Waals surface area contributed by atoms with Crippen molar-refractivity contribution in [2.75, 3.05) is 12.3 Å². The summed E-state index contributed by atoms with van der Waals surface area (Å²) < 4.78 is 0. The standard InChI is InChI=1S/C22H26Cl2N2O2S/c1-4-25-22(28)16(3)26(14-18-19(23)6-5-7-20(18)24)21(27)12-13-29-17-10-8-15(2)9-11-17/h5-11,16H,4,12-14H2,1-3H3,(H,25,28)/t16-/m0/s1. The molecule has 0 fully saturated rings. The van der Waals surface area contributed by atoms with E-state index in [0.717, 1.165) is 4.90 Å². The highest BCUT2D eigenvalue weighted by Gasteiger charge is 2.26. The predicted octanol–water partition coefficient (Wildman–Crippen LogP) is 5.34. The zero-order valence-electron chi connectivity index (χ0n) is 16.9. The van der Waals surface area contributed by atoms with Gasteiger partial charge in [0.1, 0.15) is 6.04 Å². The average molecular weight is 453 g/mol. The van der Waals surface area contributed by atoms with E-state index in [-0.39, 0.29) is 18.4 Å². The van der Waals surface area contributed by atoms with Gasteiger partial charge in [0.25, 0.3) is 0 Å². The molecule has 0 saturated heterocycles. The van der Waals surface area contributed by atoms with Crippen molar-refractivity contribution in [2.24, 2.45) is 0 Å². The van der Waals surface area contributed by atoms with E-state index in [1.807, 2.05) is 38.1 Å². The lowest BCUT2D eigenvalue weighted by atomic mass is 10.1. The number of likely N-dealkylation sites (N-methyl/N-ethyl adjacent to an activating group) is 1. The normalized spacial score (nSPS) is 11.8. The molecular weight excluding hydrogens is 427 g/mol. The summed E-state index contributed by atoms with van der Waals surface area (Å²) in [6.07, 6.45) is 0.310. The van der Waals surface area contributed by atoms with Gasteiger partial charge in [-0.15, -0.1) is 11.8 Å². The molecule has 1 atom stereocenters. The van der Waals surface area contributed by atoms with Crippen molar-refractivity contribution in [3.8, 4) is 0 Å². The van der Waals surface area contributed by atoms with Crippen LogP contribution in [0.2, 0.25) is 10.0 Å². The van der Waals surface area contributed by atoms with Crippen molar-refractivity contribution in [2.45, 2.75) is 44.7 Å². The fraction of sp³-hybridized carbons (Fsp3) is 0.364. The van der Waals surface area contributed by atoms with Crippen molar-refractivity contribution in [1.82, 2.24) is 10.2 Å². The number of hydrogen-bond donors (Lipinski definition) is 1. The molecule has 0 radical (unpaired) electrons. The van der Waals surface area contributed by atoms with E-state index in [0.29, 0.717) is 34.3 Å². The largest absolute Gasteiger partial charge is 0.355 e. The van der Waals surface area contributed by atoms with Gasteiger partial charge in [0.05, 0.1) is 0 Å². The van der Waals surface area contributed by atoms with Crippen LogP contribution >= 0.6 is 35.0 Å². The van der Waals surface area contributed by atoms with E-state index in [4.69, 9.17) is 23.2 Å². The Morgan fingerprint density at radius 3 is 2.31 bits per heavy atom. The predicted molar refractivity (Wildman–Crippen MR) is 122 cm³/mol. The maximum Gasteiger partial charge on any atom is 0.242 e. The number of carbonyl (C=O) groups is 2. The Labute approximate surface area is 187 Å². The van der Waals surface area contributed by atoms with Crippen molar-refractivity contribution in [1.29, 1.82) is 0 Å². The summed E-state index contributed by atoms with van der Waals surface area (Å²) in [4.78, 5) is 28.1. The summed E-state index contributed by atoms with van der Waals surface area (Å²) in [6.45, 7) is 6.30. The lowest BCUT2D eigenvalue weighted by Gasteiger charge is -2.29. The second-order valence-corrected chi connectivity index (χ2v) is 8.69. The average Bonchev–Trinajstić information content (AvgIpc) is 2.69. The van der Waals surface area contributed by atoms with E-state index < -0.39 is 6.04 Å². The van der Waals surface area contributed by atoms with E-state index in [9.17, 15) is 9.59 Å². The molecule has 2 aromatic carbocycles. The highest BCUT2D eigenvalue weighted by atomic mass is 35.5. The number of thioether (sulfide) groups is 1. The van der Waals surface area contributed by atoms with Gasteiger partial charge < -0.3 is 10.2 Å². The summed E-state index contributed by atoms with van der Waals surface area (Å²) in [7, 11) is 0. The van der Waals surface area contributed by atoms with Gasteiger partial charge in [0.15, 0.2) is 0 Å². The number of amides is 2. The van der Waals surface area contributed by atoms with E-state index in [2.05, 4.69) is 5.32 Å². The Morgan fingerprint density at radius 1 is 1.10 bits per heavy atom. The van der Waals surface area contributed by atoms with Crippen molar-refractivity contribution in [3.05, 3.63) is 63.6 Å². The van der Waals surface area contributed by atoms with Gasteiger partial charge in [-0.05, 0) is 45.0 Å². The number of aryl methyl sites for hydroxylation is 1. The zero-order valence-corrected chi connectivity index (χ0v) is 19.2. The van der Waals surface area contributed by atoms with Crippen LogP contribution in [-0.4, -0.2) is 35.1 Å². The van der Waals surface area contributed by atoms with Crippen LogP contribution in [0, 0.1) is 6.92 Å². The second-order valence-electron chi connectivity index (χ2n) is 6.70. The van der Waals surface area contributed by atoms with Gasteiger partial charge in [0, 0.05) is 45.8 Å². The van der Waals surface area contributed by atoms with Crippen LogP contribution in [0.3, 0.4) is 0 Å². The monoisotopic (exact) mass is 452 g/mol. The molecule has 156 valence electrons. The van der Waals surface area contributed by atoms with Crippen molar-refractivity contribution >= 4 is 46.8 Å². The molecular formula is C22H26Cl2N2O2S. The molecule has 1 N–H and O–H groups in total. The molecule has 7 heteroatoms. The number of halogens is 2. The fourth-order valence-electron chi connectivity index (χ4n) is 2.79. The molecule has 2 rings (SSSR count). The van der Waals surface area contributed by atoms with E-state index in [1.54, 1.807) is 41.8 Å². The molecule has 0 aliphatic rings. The molecule has 29 heavy (non-hydrogen) atoms. The molecule has 0 aliphatic carbocycles. The molecule has 0 unspecified atom stereocenters. The lowest BCUT2D eigenvalue weighted by Crippen LogP contribution is -2.47. The Morgan fingerprint density at radius 2 is 1.72 bits per heavy atom. The molecule has 0 heterocycles.